The van der Waals surface area contributed by atoms with Crippen LogP contribution in [0.5, 0.6) is 0 Å². The quantitative estimate of drug-likeness (QED) is 0.0396. The number of hydrogen-bond donors (Lipinski definition) is 0. The van der Waals surface area contributed by atoms with Gasteiger partial charge in [-0.3, -0.25) is 9.59 Å². The van der Waals surface area contributed by atoms with Gasteiger partial charge in [-0.2, -0.15) is 0 Å². The van der Waals surface area contributed by atoms with Crippen LogP contribution in [0.3, 0.4) is 0 Å². The van der Waals surface area contributed by atoms with Gasteiger partial charge in [0, 0.05) is 19.4 Å². The van der Waals surface area contributed by atoms with Gasteiger partial charge in [0.05, 0.1) is 6.61 Å². The monoisotopic (exact) mass is 645 g/mol. The minimum atomic E-state index is -0.554. The van der Waals surface area contributed by atoms with E-state index in [1.165, 1.54) is 77.0 Å². The Kier molecular flexibility index (Phi) is 35.6. The van der Waals surface area contributed by atoms with Gasteiger partial charge in [0.25, 0.3) is 0 Å². The van der Waals surface area contributed by atoms with E-state index in [0.29, 0.717) is 25.9 Å². The lowest BCUT2D eigenvalue weighted by molar-refractivity contribution is -0.162. The number of rotatable bonds is 34. The summed E-state index contributed by atoms with van der Waals surface area (Å²) in [6, 6.07) is 0. The Labute approximate surface area is 284 Å². The topological polar surface area (TPSA) is 61.8 Å². The van der Waals surface area contributed by atoms with Crippen molar-refractivity contribution in [3.8, 4) is 0 Å². The highest BCUT2D eigenvalue weighted by molar-refractivity contribution is 5.70. The van der Waals surface area contributed by atoms with Crippen molar-refractivity contribution >= 4 is 11.9 Å². The van der Waals surface area contributed by atoms with Crippen LogP contribution in [0.2, 0.25) is 0 Å². The van der Waals surface area contributed by atoms with Crippen LogP contribution in [0.1, 0.15) is 175 Å². The first-order valence-electron chi connectivity index (χ1n) is 19.2. The maximum absolute atomic E-state index is 12.4. The van der Waals surface area contributed by atoms with E-state index in [1.807, 2.05) is 6.08 Å². The molecule has 0 rings (SSSR count). The number of hydrogen-bond acceptors (Lipinski definition) is 5. The molecule has 266 valence electrons. The Morgan fingerprint density at radius 3 is 1.52 bits per heavy atom. The van der Waals surface area contributed by atoms with Gasteiger partial charge in [-0.1, -0.05) is 166 Å². The van der Waals surface area contributed by atoms with Crippen molar-refractivity contribution in [1.29, 1.82) is 0 Å². The third-order valence-electron chi connectivity index (χ3n) is 7.89. The van der Waals surface area contributed by atoms with Crippen LogP contribution in [0.25, 0.3) is 0 Å². The predicted molar refractivity (Wildman–Crippen MR) is 196 cm³/mol. The molecule has 5 heteroatoms. The van der Waals surface area contributed by atoms with Crippen LogP contribution in [-0.2, 0) is 23.8 Å². The molecule has 0 saturated carbocycles. The molecule has 0 spiro atoms. The molecule has 0 fully saturated rings. The lowest BCUT2D eigenvalue weighted by Gasteiger charge is -2.18. The first kappa shape index (κ1) is 43.9. The van der Waals surface area contributed by atoms with Crippen LogP contribution in [0, 0.1) is 0 Å². The summed E-state index contributed by atoms with van der Waals surface area (Å²) >= 11 is 0. The molecule has 46 heavy (non-hydrogen) atoms. The second-order valence-corrected chi connectivity index (χ2v) is 12.5. The van der Waals surface area contributed by atoms with Crippen molar-refractivity contribution in [2.24, 2.45) is 0 Å². The summed E-state index contributed by atoms with van der Waals surface area (Å²) in [5.74, 6) is -0.504. The fraction of sp³-hybridized carbons (Fsp3) is 0.756. The standard InChI is InChI=1S/C41H72O5/c1-4-7-10-13-15-17-19-21-22-24-26-29-31-34-40(42)45-38-39(46-41(43)35-32-28-12-9-6-3)37-44-36-33-30-27-25-23-20-18-16-14-11-8-5-2/h7,10,15,17,21-22,26,29,39H,4-6,8-9,11-14,16,18-20,23-25,27-28,30-38H2,1-3H3/b10-7-,17-15-,22-21-,29-26-. The molecule has 1 atom stereocenters. The molecule has 0 heterocycles. The average molecular weight is 645 g/mol. The minimum absolute atomic E-state index is 0.0487. The lowest BCUT2D eigenvalue weighted by Crippen LogP contribution is -2.30. The zero-order valence-corrected chi connectivity index (χ0v) is 30.3. The molecule has 1 unspecified atom stereocenters. The van der Waals surface area contributed by atoms with Crippen LogP contribution < -0.4 is 0 Å². The van der Waals surface area contributed by atoms with Crippen LogP contribution in [-0.4, -0.2) is 37.9 Å². The third-order valence-corrected chi connectivity index (χ3v) is 7.89. The van der Waals surface area contributed by atoms with Crippen molar-refractivity contribution < 1.29 is 23.8 Å². The fourth-order valence-corrected chi connectivity index (χ4v) is 5.05. The normalized spacial score (nSPS) is 12.7. The molecular formula is C41H72O5. The van der Waals surface area contributed by atoms with E-state index in [2.05, 4.69) is 63.3 Å². The SMILES string of the molecule is CC/C=C\C/C=C\C/C=C\C/C=C\CCC(=O)OCC(COCCCCCCCCCCCCCC)OC(=O)CCCCCCC. The molecule has 0 radical (unpaired) electrons. The average Bonchev–Trinajstić information content (AvgIpc) is 3.05. The molecule has 0 aliphatic carbocycles. The first-order valence-corrected chi connectivity index (χ1v) is 19.2. The molecule has 0 amide bonds. The van der Waals surface area contributed by atoms with E-state index in [4.69, 9.17) is 14.2 Å². The zero-order valence-electron chi connectivity index (χ0n) is 30.3. The summed E-state index contributed by atoms with van der Waals surface area (Å²) < 4.78 is 17.0. The zero-order chi connectivity index (χ0) is 33.6. The number of carbonyl (C=O) groups excluding carboxylic acids is 2. The number of allylic oxidation sites excluding steroid dienone is 8. The minimum Gasteiger partial charge on any atom is -0.462 e. The summed E-state index contributed by atoms with van der Waals surface area (Å²) in [6.07, 6.45) is 42.8. The second-order valence-electron chi connectivity index (χ2n) is 12.5. The van der Waals surface area contributed by atoms with Crippen molar-refractivity contribution in [2.45, 2.75) is 181 Å². The van der Waals surface area contributed by atoms with Gasteiger partial charge >= 0.3 is 11.9 Å². The number of unbranched alkanes of at least 4 members (excludes halogenated alkanes) is 15. The number of carbonyl (C=O) groups is 2. The molecule has 0 aliphatic heterocycles. The number of ether oxygens (including phenoxy) is 3. The molecule has 0 bridgehead atoms. The van der Waals surface area contributed by atoms with Crippen LogP contribution in [0.15, 0.2) is 48.6 Å². The van der Waals surface area contributed by atoms with E-state index in [9.17, 15) is 9.59 Å². The molecule has 0 N–H and O–H groups in total. The molecular weight excluding hydrogens is 572 g/mol. The van der Waals surface area contributed by atoms with Crippen molar-refractivity contribution in [3.63, 3.8) is 0 Å². The summed E-state index contributed by atoms with van der Waals surface area (Å²) in [5, 5.41) is 0. The highest BCUT2D eigenvalue weighted by Gasteiger charge is 2.17. The van der Waals surface area contributed by atoms with Crippen molar-refractivity contribution in [1.82, 2.24) is 0 Å². The van der Waals surface area contributed by atoms with Crippen molar-refractivity contribution in [2.75, 3.05) is 19.8 Å². The Morgan fingerprint density at radius 1 is 0.500 bits per heavy atom. The number of esters is 2. The second kappa shape index (κ2) is 37.3. The largest absolute Gasteiger partial charge is 0.462 e. The fourth-order valence-electron chi connectivity index (χ4n) is 5.05. The van der Waals surface area contributed by atoms with E-state index >= 15 is 0 Å². The Balaban J connectivity index is 4.22. The van der Waals surface area contributed by atoms with Gasteiger partial charge in [-0.15, -0.1) is 0 Å². The van der Waals surface area contributed by atoms with Gasteiger partial charge in [0.2, 0.25) is 0 Å². The lowest BCUT2D eigenvalue weighted by atomic mass is 10.1. The maximum atomic E-state index is 12.4. The summed E-state index contributed by atoms with van der Waals surface area (Å²) in [7, 11) is 0. The Bertz CT molecular complexity index is 782. The van der Waals surface area contributed by atoms with Crippen LogP contribution >= 0.6 is 0 Å². The highest BCUT2D eigenvalue weighted by atomic mass is 16.6. The molecule has 0 aliphatic rings. The van der Waals surface area contributed by atoms with E-state index < -0.39 is 6.10 Å². The van der Waals surface area contributed by atoms with Crippen molar-refractivity contribution in [3.05, 3.63) is 48.6 Å². The van der Waals surface area contributed by atoms with Gasteiger partial charge in [-0.05, 0) is 44.9 Å². The summed E-state index contributed by atoms with van der Waals surface area (Å²) in [5.41, 5.74) is 0. The van der Waals surface area contributed by atoms with Gasteiger partial charge in [-0.25, -0.2) is 0 Å². The molecule has 0 aromatic heterocycles. The van der Waals surface area contributed by atoms with Gasteiger partial charge < -0.3 is 14.2 Å². The van der Waals surface area contributed by atoms with E-state index in [-0.39, 0.29) is 25.2 Å². The Hall–Kier alpha value is -2.14. The van der Waals surface area contributed by atoms with E-state index in [1.54, 1.807) is 0 Å². The van der Waals surface area contributed by atoms with Gasteiger partial charge in [0.15, 0.2) is 6.10 Å². The highest BCUT2D eigenvalue weighted by Crippen LogP contribution is 2.12. The molecule has 0 saturated heterocycles. The first-order chi connectivity index (χ1) is 22.6. The van der Waals surface area contributed by atoms with E-state index in [0.717, 1.165) is 57.8 Å². The Morgan fingerprint density at radius 2 is 0.978 bits per heavy atom. The molecule has 5 nitrogen and oxygen atoms in total. The smallest absolute Gasteiger partial charge is 0.306 e. The predicted octanol–water partition coefficient (Wildman–Crippen LogP) is 12.1. The summed E-state index contributed by atoms with van der Waals surface area (Å²) in [6.45, 7) is 7.55. The van der Waals surface area contributed by atoms with Crippen LogP contribution in [0.4, 0.5) is 0 Å². The maximum Gasteiger partial charge on any atom is 0.306 e. The van der Waals surface area contributed by atoms with Gasteiger partial charge in [0.1, 0.15) is 6.61 Å². The molecule has 0 aromatic rings. The molecule has 0 aromatic carbocycles. The third kappa shape index (κ3) is 34.7. The summed E-state index contributed by atoms with van der Waals surface area (Å²) in [4.78, 5) is 24.8.